The Labute approximate surface area is 202 Å². The zero-order valence-corrected chi connectivity index (χ0v) is 20.6. The van der Waals surface area contributed by atoms with Crippen molar-refractivity contribution in [2.24, 2.45) is 4.99 Å². The molecule has 0 radical (unpaired) electrons. The highest BCUT2D eigenvalue weighted by Gasteiger charge is 2.25. The largest absolute Gasteiger partial charge is 0.490 e. The van der Waals surface area contributed by atoms with Gasteiger partial charge in [-0.15, -0.1) is 6.58 Å². The molecule has 0 unspecified atom stereocenters. The number of carbonyl (C=O) groups is 2. The van der Waals surface area contributed by atoms with Gasteiger partial charge < -0.3 is 14.2 Å². The molecular weight excluding hydrogens is 476 g/mol. The summed E-state index contributed by atoms with van der Waals surface area (Å²) in [6.45, 7) is 8.95. The molecule has 10 heteroatoms. The number of rotatable bonds is 8. The maximum Gasteiger partial charge on any atom is 0.339 e. The summed E-state index contributed by atoms with van der Waals surface area (Å²) in [6, 6.07) is 9.62. The number of aliphatic imine (C=N–C) groups is 1. The van der Waals surface area contributed by atoms with Gasteiger partial charge in [-0.3, -0.25) is 9.59 Å². The van der Waals surface area contributed by atoms with Crippen LogP contribution in [0.3, 0.4) is 0 Å². The topological polar surface area (TPSA) is 111 Å². The molecule has 2 aromatic rings. The van der Waals surface area contributed by atoms with Crippen molar-refractivity contribution in [2.75, 3.05) is 6.61 Å². The Kier molecular flexibility index (Phi) is 7.95. The number of benzene rings is 2. The second-order valence-corrected chi connectivity index (χ2v) is 9.87. The molecule has 1 aliphatic heterocycles. The van der Waals surface area contributed by atoms with Crippen molar-refractivity contribution in [3.8, 4) is 11.5 Å². The number of ether oxygens (including phenoxy) is 1. The summed E-state index contributed by atoms with van der Waals surface area (Å²) in [4.78, 5) is 27.6. The van der Waals surface area contributed by atoms with Gasteiger partial charge in [-0.1, -0.05) is 23.8 Å². The van der Waals surface area contributed by atoms with Gasteiger partial charge >= 0.3 is 10.1 Å². The minimum Gasteiger partial charge on any atom is -0.490 e. The second kappa shape index (κ2) is 10.7. The molecular formula is C24H24N2O6S2. The lowest BCUT2D eigenvalue weighted by atomic mass is 10.1. The molecule has 178 valence electrons. The standard InChI is InChI=1S/C24H24N2O6S2/c1-5-7-18-12-17(14-21-23(28)26-24(33-21)25-16(4)27)13-20(31-6-2)22(18)32-34(29,30)19-10-8-15(3)9-11-19/h5,8-14H,1,6-7H2,2-4H3,(H,25,26,27,28)/b21-14+. The first kappa shape index (κ1) is 25.3. The van der Waals surface area contributed by atoms with Crippen LogP contribution in [0.5, 0.6) is 11.5 Å². The van der Waals surface area contributed by atoms with E-state index in [0.29, 0.717) is 22.5 Å². The number of allylic oxidation sites excluding steroid dienone is 1. The van der Waals surface area contributed by atoms with Crippen LogP contribution in [0.4, 0.5) is 0 Å². The van der Waals surface area contributed by atoms with Crippen molar-refractivity contribution in [2.45, 2.75) is 32.1 Å². The number of hydrogen-bond donors (Lipinski definition) is 1. The number of nitrogens with zero attached hydrogens (tertiary/aromatic N) is 1. The van der Waals surface area contributed by atoms with E-state index >= 15 is 0 Å². The number of aryl methyl sites for hydroxylation is 1. The van der Waals surface area contributed by atoms with Crippen LogP contribution >= 0.6 is 11.8 Å². The van der Waals surface area contributed by atoms with Gasteiger partial charge in [-0.2, -0.15) is 13.4 Å². The molecule has 0 aliphatic carbocycles. The third-order valence-corrected chi connectivity index (χ3v) is 6.66. The molecule has 1 heterocycles. The third kappa shape index (κ3) is 6.15. The first-order chi connectivity index (χ1) is 16.1. The number of amides is 2. The summed E-state index contributed by atoms with van der Waals surface area (Å²) in [5.41, 5.74) is 2.01. The van der Waals surface area contributed by atoms with Crippen LogP contribution < -0.4 is 14.2 Å². The maximum atomic E-state index is 12.9. The highest BCUT2D eigenvalue weighted by Crippen LogP contribution is 2.38. The van der Waals surface area contributed by atoms with E-state index in [1.807, 2.05) is 6.92 Å². The van der Waals surface area contributed by atoms with Gasteiger partial charge in [0.15, 0.2) is 16.7 Å². The normalized spacial score (nSPS) is 14.6. The third-order valence-electron chi connectivity index (χ3n) is 4.52. The Bertz CT molecular complexity index is 1300. The van der Waals surface area contributed by atoms with Gasteiger partial charge in [0.1, 0.15) is 4.90 Å². The fourth-order valence-corrected chi connectivity index (χ4v) is 4.89. The van der Waals surface area contributed by atoms with Gasteiger partial charge in [0.05, 0.1) is 11.5 Å². The Morgan fingerprint density at radius 1 is 1.24 bits per heavy atom. The van der Waals surface area contributed by atoms with Crippen LogP contribution in [0, 0.1) is 6.92 Å². The highest BCUT2D eigenvalue weighted by atomic mass is 32.2. The molecule has 0 saturated heterocycles. The molecule has 0 spiro atoms. The van der Waals surface area contributed by atoms with Crippen LogP contribution in [0.25, 0.3) is 6.08 Å². The van der Waals surface area contributed by atoms with E-state index in [-0.39, 0.29) is 34.1 Å². The molecule has 0 bridgehead atoms. The Morgan fingerprint density at radius 3 is 2.56 bits per heavy atom. The minimum atomic E-state index is -4.12. The molecule has 0 aromatic heterocycles. The lowest BCUT2D eigenvalue weighted by Gasteiger charge is -2.16. The summed E-state index contributed by atoms with van der Waals surface area (Å²) in [5, 5.41) is 2.69. The SMILES string of the molecule is C=CCc1cc(/C=C2/SC(NC(C)=O)=NC2=O)cc(OCC)c1OS(=O)(=O)c1ccc(C)cc1. The van der Waals surface area contributed by atoms with Crippen LogP contribution in [0.1, 0.15) is 30.5 Å². The summed E-state index contributed by atoms with van der Waals surface area (Å²) in [7, 11) is -4.12. The van der Waals surface area contributed by atoms with E-state index in [0.717, 1.165) is 17.3 Å². The molecule has 0 atom stereocenters. The predicted molar refractivity (Wildman–Crippen MR) is 132 cm³/mol. The number of thioether (sulfide) groups is 1. The van der Waals surface area contributed by atoms with Crippen LogP contribution in [-0.4, -0.2) is 32.0 Å². The fraction of sp³-hybridized carbons (Fsp3) is 0.208. The first-order valence-electron chi connectivity index (χ1n) is 10.3. The van der Waals surface area contributed by atoms with E-state index in [1.165, 1.54) is 19.1 Å². The monoisotopic (exact) mass is 500 g/mol. The van der Waals surface area contributed by atoms with Gasteiger partial charge in [-0.05, 0) is 67.9 Å². The van der Waals surface area contributed by atoms with E-state index in [4.69, 9.17) is 8.92 Å². The molecule has 2 aromatic carbocycles. The lowest BCUT2D eigenvalue weighted by molar-refractivity contribution is -0.117. The van der Waals surface area contributed by atoms with Crippen LogP contribution in [0.2, 0.25) is 0 Å². The molecule has 34 heavy (non-hydrogen) atoms. The zero-order chi connectivity index (χ0) is 24.9. The predicted octanol–water partition coefficient (Wildman–Crippen LogP) is 4.00. The van der Waals surface area contributed by atoms with Crippen LogP contribution in [-0.2, 0) is 26.1 Å². The lowest BCUT2D eigenvalue weighted by Crippen LogP contribution is -2.23. The summed E-state index contributed by atoms with van der Waals surface area (Å²) < 4.78 is 37.1. The van der Waals surface area contributed by atoms with Gasteiger partial charge in [0.25, 0.3) is 5.91 Å². The number of carbonyl (C=O) groups excluding carboxylic acids is 2. The number of amidine groups is 1. The fourth-order valence-electron chi connectivity index (χ4n) is 3.06. The van der Waals surface area contributed by atoms with E-state index in [1.54, 1.807) is 43.3 Å². The number of nitrogens with one attached hydrogen (secondary N) is 1. The van der Waals surface area contributed by atoms with Crippen molar-refractivity contribution >= 4 is 44.9 Å². The molecule has 0 fully saturated rings. The summed E-state index contributed by atoms with van der Waals surface area (Å²) in [5.74, 6) is -0.546. The molecule has 0 saturated carbocycles. The van der Waals surface area contributed by atoms with Crippen molar-refractivity contribution in [1.82, 2.24) is 5.32 Å². The molecule has 3 rings (SSSR count). The van der Waals surface area contributed by atoms with E-state index in [2.05, 4.69) is 16.9 Å². The maximum absolute atomic E-state index is 12.9. The molecule has 8 nitrogen and oxygen atoms in total. The second-order valence-electron chi connectivity index (χ2n) is 7.30. The molecule has 1 aliphatic rings. The van der Waals surface area contributed by atoms with Gasteiger partial charge in [0.2, 0.25) is 5.91 Å². The Morgan fingerprint density at radius 2 is 1.94 bits per heavy atom. The number of hydrogen-bond acceptors (Lipinski definition) is 7. The average Bonchev–Trinajstić information content (AvgIpc) is 3.09. The quantitative estimate of drug-likeness (QED) is 0.331. The van der Waals surface area contributed by atoms with Crippen LogP contribution in [0.15, 0.2) is 63.8 Å². The molecule has 1 N–H and O–H groups in total. The van der Waals surface area contributed by atoms with E-state index < -0.39 is 16.0 Å². The van der Waals surface area contributed by atoms with Crippen molar-refractivity contribution < 1.29 is 26.9 Å². The highest BCUT2D eigenvalue weighted by molar-refractivity contribution is 8.18. The minimum absolute atomic E-state index is 0.0203. The smallest absolute Gasteiger partial charge is 0.339 e. The molecule has 2 amide bonds. The Hall–Kier alpha value is -3.37. The van der Waals surface area contributed by atoms with Crippen molar-refractivity contribution in [3.63, 3.8) is 0 Å². The van der Waals surface area contributed by atoms with Crippen molar-refractivity contribution in [1.29, 1.82) is 0 Å². The summed E-state index contributed by atoms with van der Waals surface area (Å²) in [6.07, 6.45) is 3.50. The van der Waals surface area contributed by atoms with E-state index in [9.17, 15) is 18.0 Å². The average molecular weight is 501 g/mol. The van der Waals surface area contributed by atoms with Gasteiger partial charge in [0, 0.05) is 12.5 Å². The van der Waals surface area contributed by atoms with Gasteiger partial charge in [-0.25, -0.2) is 0 Å². The summed E-state index contributed by atoms with van der Waals surface area (Å²) >= 11 is 1.03. The Balaban J connectivity index is 2.01. The first-order valence-corrected chi connectivity index (χ1v) is 12.6. The zero-order valence-electron chi connectivity index (χ0n) is 19.0. The van der Waals surface area contributed by atoms with Crippen molar-refractivity contribution in [3.05, 3.63) is 70.6 Å².